The first-order chi connectivity index (χ1) is 9.58. The molecule has 0 aromatic carbocycles. The number of azo groups is 1. The molecule has 1 aliphatic heterocycles. The van der Waals surface area contributed by atoms with Crippen molar-refractivity contribution in [3.05, 3.63) is 24.3 Å². The third-order valence-corrected chi connectivity index (χ3v) is 3.53. The summed E-state index contributed by atoms with van der Waals surface area (Å²) in [4.78, 5) is 0. The summed E-state index contributed by atoms with van der Waals surface area (Å²) in [5.41, 5.74) is 0. The van der Waals surface area contributed by atoms with E-state index in [-0.39, 0.29) is 0 Å². The van der Waals surface area contributed by atoms with Gasteiger partial charge in [0.25, 0.3) is 0 Å². The lowest BCUT2D eigenvalue weighted by molar-refractivity contribution is 0.442. The number of rotatable bonds is 4. The van der Waals surface area contributed by atoms with Crippen LogP contribution in [-0.4, -0.2) is 12.1 Å². The molecule has 0 saturated heterocycles. The minimum Gasteiger partial charge on any atom is -0.190 e. The standard InChI is InChI=1S/C18H32N2/c1-15(2)13-17-11-9-7-5-6-8-10-12-18(20-19-17)14-16(3)4/h7-10,15-18H,5-6,11-14H2,1-4H3/b9-7-,10-8-,20-19?. The van der Waals surface area contributed by atoms with Gasteiger partial charge in [0.05, 0.1) is 12.1 Å². The molecule has 0 spiro atoms. The smallest absolute Gasteiger partial charge is 0.0745 e. The average Bonchev–Trinajstić information content (AvgIpc) is 2.34. The maximum absolute atomic E-state index is 4.67. The number of hydrogen-bond acceptors (Lipinski definition) is 2. The molecule has 2 atom stereocenters. The van der Waals surface area contributed by atoms with Crippen LogP contribution in [0.3, 0.4) is 0 Å². The van der Waals surface area contributed by atoms with Crippen LogP contribution in [-0.2, 0) is 0 Å². The molecule has 1 rings (SSSR count). The van der Waals surface area contributed by atoms with Gasteiger partial charge in [-0.3, -0.25) is 0 Å². The van der Waals surface area contributed by atoms with Crippen molar-refractivity contribution in [3.63, 3.8) is 0 Å². The molecule has 0 radical (unpaired) electrons. The van der Waals surface area contributed by atoms with Gasteiger partial charge in [0, 0.05) is 0 Å². The lowest BCUT2D eigenvalue weighted by atomic mass is 10.0. The Balaban J connectivity index is 2.72. The molecule has 20 heavy (non-hydrogen) atoms. The van der Waals surface area contributed by atoms with Crippen LogP contribution >= 0.6 is 0 Å². The van der Waals surface area contributed by atoms with Crippen LogP contribution in [0.15, 0.2) is 34.5 Å². The Kier molecular flexibility index (Phi) is 8.48. The predicted octanol–water partition coefficient (Wildman–Crippen LogP) is 5.95. The Hall–Kier alpha value is -0.920. The van der Waals surface area contributed by atoms with Gasteiger partial charge >= 0.3 is 0 Å². The van der Waals surface area contributed by atoms with Crippen LogP contribution in [0.4, 0.5) is 0 Å². The maximum Gasteiger partial charge on any atom is 0.0745 e. The number of nitrogens with zero attached hydrogens (tertiary/aromatic N) is 2. The number of hydrogen-bond donors (Lipinski definition) is 0. The molecule has 0 bridgehead atoms. The highest BCUT2D eigenvalue weighted by Gasteiger charge is 2.12. The van der Waals surface area contributed by atoms with Gasteiger partial charge in [-0.25, -0.2) is 0 Å². The molecule has 2 nitrogen and oxygen atoms in total. The zero-order valence-electron chi connectivity index (χ0n) is 13.8. The summed E-state index contributed by atoms with van der Waals surface area (Å²) in [6, 6.07) is 0.730. The van der Waals surface area contributed by atoms with E-state index in [2.05, 4.69) is 62.2 Å². The molecule has 114 valence electrons. The van der Waals surface area contributed by atoms with Gasteiger partial charge in [-0.2, -0.15) is 10.2 Å². The molecule has 0 fully saturated rings. The van der Waals surface area contributed by atoms with Crippen molar-refractivity contribution in [2.75, 3.05) is 0 Å². The van der Waals surface area contributed by atoms with Crippen molar-refractivity contribution in [3.8, 4) is 0 Å². The Morgan fingerprint density at radius 1 is 0.750 bits per heavy atom. The highest BCUT2D eigenvalue weighted by molar-refractivity contribution is 4.93. The zero-order valence-corrected chi connectivity index (χ0v) is 13.8. The van der Waals surface area contributed by atoms with Gasteiger partial charge in [-0.05, 0) is 50.4 Å². The summed E-state index contributed by atoms with van der Waals surface area (Å²) in [6.07, 6.45) is 15.8. The fourth-order valence-corrected chi connectivity index (χ4v) is 2.59. The molecule has 0 aliphatic carbocycles. The van der Waals surface area contributed by atoms with E-state index < -0.39 is 0 Å². The van der Waals surface area contributed by atoms with Gasteiger partial charge in [-0.15, -0.1) is 0 Å². The molecular formula is C18H32N2. The van der Waals surface area contributed by atoms with E-state index in [9.17, 15) is 0 Å². The quantitative estimate of drug-likeness (QED) is 0.566. The van der Waals surface area contributed by atoms with Crippen LogP contribution in [0, 0.1) is 11.8 Å². The van der Waals surface area contributed by atoms with Crippen molar-refractivity contribution in [1.29, 1.82) is 0 Å². The minimum absolute atomic E-state index is 0.365. The van der Waals surface area contributed by atoms with Crippen LogP contribution in [0.25, 0.3) is 0 Å². The van der Waals surface area contributed by atoms with E-state index in [1.807, 2.05) is 0 Å². The highest BCUT2D eigenvalue weighted by Crippen LogP contribution is 2.18. The SMILES string of the molecule is CC(C)CC1C/C=C\CC/C=C\CC(CC(C)C)N=N1. The van der Waals surface area contributed by atoms with Crippen molar-refractivity contribution in [2.45, 2.75) is 78.3 Å². The van der Waals surface area contributed by atoms with E-state index in [4.69, 9.17) is 0 Å². The second kappa shape index (κ2) is 9.90. The molecule has 1 heterocycles. The Labute approximate surface area is 125 Å². The summed E-state index contributed by atoms with van der Waals surface area (Å²) in [5.74, 6) is 1.37. The van der Waals surface area contributed by atoms with Gasteiger partial charge in [0.2, 0.25) is 0 Å². The van der Waals surface area contributed by atoms with E-state index in [0.29, 0.717) is 23.9 Å². The Morgan fingerprint density at radius 2 is 1.15 bits per heavy atom. The molecule has 0 N–H and O–H groups in total. The summed E-state index contributed by atoms with van der Waals surface area (Å²) < 4.78 is 0. The van der Waals surface area contributed by atoms with Crippen molar-refractivity contribution >= 4 is 0 Å². The molecule has 0 saturated carbocycles. The fourth-order valence-electron chi connectivity index (χ4n) is 2.59. The summed E-state index contributed by atoms with van der Waals surface area (Å²) in [7, 11) is 0. The Bertz CT molecular complexity index is 294. The van der Waals surface area contributed by atoms with E-state index in [0.717, 1.165) is 38.5 Å². The van der Waals surface area contributed by atoms with Crippen LogP contribution < -0.4 is 0 Å². The van der Waals surface area contributed by atoms with Gasteiger partial charge in [0.15, 0.2) is 0 Å². The van der Waals surface area contributed by atoms with Gasteiger partial charge in [0.1, 0.15) is 0 Å². The summed E-state index contributed by atoms with van der Waals surface area (Å²) in [6.45, 7) is 9.07. The van der Waals surface area contributed by atoms with Crippen LogP contribution in [0.1, 0.15) is 66.2 Å². The highest BCUT2D eigenvalue weighted by atomic mass is 15.1. The molecule has 0 aromatic rings. The third kappa shape index (κ3) is 8.29. The van der Waals surface area contributed by atoms with Crippen LogP contribution in [0.5, 0.6) is 0 Å². The monoisotopic (exact) mass is 276 g/mol. The second-order valence-corrected chi connectivity index (χ2v) is 6.79. The largest absolute Gasteiger partial charge is 0.190 e. The second-order valence-electron chi connectivity index (χ2n) is 6.79. The topological polar surface area (TPSA) is 24.7 Å². The lowest BCUT2D eigenvalue weighted by Crippen LogP contribution is -2.11. The van der Waals surface area contributed by atoms with Crippen molar-refractivity contribution in [2.24, 2.45) is 22.1 Å². The lowest BCUT2D eigenvalue weighted by Gasteiger charge is -2.16. The predicted molar refractivity (Wildman–Crippen MR) is 88.1 cm³/mol. The normalized spacial score (nSPS) is 28.1. The Morgan fingerprint density at radius 3 is 1.50 bits per heavy atom. The van der Waals surface area contributed by atoms with E-state index in [1.54, 1.807) is 0 Å². The number of allylic oxidation sites excluding steroid dienone is 2. The van der Waals surface area contributed by atoms with Crippen molar-refractivity contribution < 1.29 is 0 Å². The van der Waals surface area contributed by atoms with E-state index in [1.165, 1.54) is 0 Å². The zero-order chi connectivity index (χ0) is 14.8. The molecule has 0 amide bonds. The first-order valence-electron chi connectivity index (χ1n) is 8.27. The third-order valence-electron chi connectivity index (χ3n) is 3.53. The molecule has 2 unspecified atom stereocenters. The van der Waals surface area contributed by atoms with Crippen molar-refractivity contribution in [1.82, 2.24) is 0 Å². The first kappa shape index (κ1) is 17.1. The van der Waals surface area contributed by atoms with E-state index >= 15 is 0 Å². The first-order valence-corrected chi connectivity index (χ1v) is 8.27. The van der Waals surface area contributed by atoms with Crippen LogP contribution in [0.2, 0.25) is 0 Å². The summed E-state index contributed by atoms with van der Waals surface area (Å²) >= 11 is 0. The van der Waals surface area contributed by atoms with Gasteiger partial charge in [-0.1, -0.05) is 52.0 Å². The molecule has 0 aromatic heterocycles. The molecule has 1 aliphatic rings. The summed E-state index contributed by atoms with van der Waals surface area (Å²) in [5, 5.41) is 9.34. The fraction of sp³-hybridized carbons (Fsp3) is 0.778. The average molecular weight is 276 g/mol. The molecular weight excluding hydrogens is 244 g/mol. The molecule has 2 heteroatoms. The maximum atomic E-state index is 4.67. The van der Waals surface area contributed by atoms with Gasteiger partial charge < -0.3 is 0 Å². The minimum atomic E-state index is 0.365.